The maximum Gasteiger partial charge on any atom is 0.286 e. The van der Waals surface area contributed by atoms with Gasteiger partial charge < -0.3 is 9.47 Å². The maximum absolute atomic E-state index is 11.6. The summed E-state index contributed by atoms with van der Waals surface area (Å²) in [6.07, 6.45) is 8.39. The number of thioether (sulfide) groups is 2. The number of aromatic nitrogens is 2. The highest BCUT2D eigenvalue weighted by Crippen LogP contribution is 2.25. The van der Waals surface area contributed by atoms with Crippen molar-refractivity contribution in [1.29, 1.82) is 0 Å². The summed E-state index contributed by atoms with van der Waals surface area (Å²) < 4.78 is 11.5. The van der Waals surface area contributed by atoms with Gasteiger partial charge in [0.25, 0.3) is 10.5 Å². The fourth-order valence-electron chi connectivity index (χ4n) is 5.10. The summed E-state index contributed by atoms with van der Waals surface area (Å²) in [6.45, 7) is 5.35. The number of nitrogens with one attached hydrogen (secondary N) is 2. The monoisotopic (exact) mass is 712 g/mol. The number of amides is 4. The van der Waals surface area contributed by atoms with Crippen LogP contribution in [0.5, 0.6) is 11.5 Å². The van der Waals surface area contributed by atoms with E-state index in [4.69, 9.17) is 9.47 Å². The molecule has 2 aliphatic rings. The standard InChI is InChI=1S/2C19H20N2O3S/c2*1-2-13-3-6-15(20-12-13)9-10-24-16-7-4-14(5-8-16)11-17-18(22)21-19(23)25-17/h2*3-8,12,17H,2,9-11H2,1H3,(H,21,22,23)/t2*17-/m10/s1. The molecule has 4 aromatic rings. The minimum atomic E-state index is -0.337. The van der Waals surface area contributed by atoms with Gasteiger partial charge in [-0.05, 0) is 84.3 Å². The Morgan fingerprint density at radius 2 is 0.940 bits per heavy atom. The number of carbonyl (C=O) groups excluding carboxylic acids is 4. The number of hydrogen-bond donors (Lipinski definition) is 2. The summed E-state index contributed by atoms with van der Waals surface area (Å²) in [6, 6.07) is 23.6. The van der Waals surface area contributed by atoms with Crippen molar-refractivity contribution in [2.45, 2.75) is 62.9 Å². The lowest BCUT2D eigenvalue weighted by Gasteiger charge is -2.09. The molecule has 0 bridgehead atoms. The molecule has 0 spiro atoms. The molecule has 2 atom stereocenters. The second kappa shape index (κ2) is 18.4. The van der Waals surface area contributed by atoms with Crippen LogP contribution >= 0.6 is 23.5 Å². The van der Waals surface area contributed by atoms with Crippen molar-refractivity contribution >= 4 is 45.8 Å². The van der Waals surface area contributed by atoms with E-state index in [2.05, 4.69) is 46.6 Å². The van der Waals surface area contributed by atoms with Gasteiger partial charge in [-0.2, -0.15) is 0 Å². The van der Waals surface area contributed by atoms with Gasteiger partial charge in [0.1, 0.15) is 11.5 Å². The fraction of sp³-hybridized carbons (Fsp3) is 0.316. The van der Waals surface area contributed by atoms with Crippen LogP contribution in [0.15, 0.2) is 85.2 Å². The molecule has 260 valence electrons. The highest BCUT2D eigenvalue weighted by Gasteiger charge is 2.32. The molecule has 2 aromatic heterocycles. The highest BCUT2D eigenvalue weighted by atomic mass is 32.2. The molecule has 0 unspecified atom stereocenters. The van der Waals surface area contributed by atoms with E-state index in [1.807, 2.05) is 73.1 Å². The number of ether oxygens (including phenoxy) is 2. The van der Waals surface area contributed by atoms with Crippen LogP contribution in [0.3, 0.4) is 0 Å². The molecule has 2 fully saturated rings. The molecule has 2 N–H and O–H groups in total. The summed E-state index contributed by atoms with van der Waals surface area (Å²) in [5.41, 5.74) is 6.51. The van der Waals surface area contributed by atoms with Crippen LogP contribution in [-0.4, -0.2) is 56.0 Å². The van der Waals surface area contributed by atoms with Gasteiger partial charge in [0.2, 0.25) is 11.8 Å². The molecule has 2 aliphatic heterocycles. The van der Waals surface area contributed by atoms with Crippen LogP contribution in [0.4, 0.5) is 9.59 Å². The van der Waals surface area contributed by atoms with E-state index in [1.165, 1.54) is 11.1 Å². The zero-order valence-electron chi connectivity index (χ0n) is 28.1. The normalized spacial score (nSPS) is 16.8. The first-order valence-electron chi connectivity index (χ1n) is 16.6. The Morgan fingerprint density at radius 1 is 0.560 bits per heavy atom. The molecule has 2 saturated heterocycles. The zero-order chi connectivity index (χ0) is 35.3. The minimum absolute atomic E-state index is 0.211. The number of rotatable bonds is 14. The van der Waals surface area contributed by atoms with Crippen LogP contribution in [0, 0.1) is 0 Å². The SMILES string of the molecule is CCc1ccc(CCOc2ccc(C[C@@H]3SC(=O)NC3=O)cc2)nc1.CCc1ccc(CCOc2ccc(C[C@H]3SC(=O)NC3=O)cc2)nc1. The highest BCUT2D eigenvalue weighted by molar-refractivity contribution is 8.15. The van der Waals surface area contributed by atoms with Crippen LogP contribution in [0.1, 0.15) is 47.5 Å². The van der Waals surface area contributed by atoms with E-state index in [9.17, 15) is 19.2 Å². The first kappa shape index (κ1) is 36.6. The van der Waals surface area contributed by atoms with Gasteiger partial charge in [0, 0.05) is 36.6 Å². The number of benzene rings is 2. The Kier molecular flexibility index (Phi) is 13.4. The summed E-state index contributed by atoms with van der Waals surface area (Å²) in [5, 5.41) is 3.40. The van der Waals surface area contributed by atoms with Crippen molar-refractivity contribution in [2.75, 3.05) is 13.2 Å². The third kappa shape index (κ3) is 11.2. The largest absolute Gasteiger partial charge is 0.493 e. The summed E-state index contributed by atoms with van der Waals surface area (Å²) >= 11 is 2.10. The van der Waals surface area contributed by atoms with Gasteiger partial charge in [0.05, 0.1) is 23.7 Å². The average molecular weight is 713 g/mol. The van der Waals surface area contributed by atoms with Gasteiger partial charge in [-0.25, -0.2) is 0 Å². The third-order valence-corrected chi connectivity index (χ3v) is 10.0. The molecular formula is C38H40N4O6S2. The number of pyridine rings is 2. The molecule has 2 aromatic carbocycles. The van der Waals surface area contributed by atoms with Gasteiger partial charge >= 0.3 is 0 Å². The Labute approximate surface area is 300 Å². The number of nitrogens with zero attached hydrogens (tertiary/aromatic N) is 2. The second-order valence-corrected chi connectivity index (χ2v) is 14.0. The average Bonchev–Trinajstić information content (AvgIpc) is 3.63. The van der Waals surface area contributed by atoms with Gasteiger partial charge in [0.15, 0.2) is 0 Å². The van der Waals surface area contributed by atoms with Gasteiger partial charge in [-0.1, -0.05) is 73.8 Å². The quantitative estimate of drug-likeness (QED) is 0.153. The molecule has 0 radical (unpaired) electrons. The molecule has 12 heteroatoms. The zero-order valence-corrected chi connectivity index (χ0v) is 29.7. The predicted molar refractivity (Wildman–Crippen MR) is 196 cm³/mol. The van der Waals surface area contributed by atoms with Crippen molar-refractivity contribution in [3.8, 4) is 11.5 Å². The second-order valence-electron chi connectivity index (χ2n) is 11.7. The van der Waals surface area contributed by atoms with Crippen molar-refractivity contribution in [1.82, 2.24) is 20.6 Å². The van der Waals surface area contributed by atoms with E-state index in [-0.39, 0.29) is 32.8 Å². The van der Waals surface area contributed by atoms with Crippen molar-refractivity contribution in [3.63, 3.8) is 0 Å². The predicted octanol–water partition coefficient (Wildman–Crippen LogP) is 6.32. The molecule has 4 amide bonds. The van der Waals surface area contributed by atoms with E-state index in [0.717, 1.165) is 83.2 Å². The van der Waals surface area contributed by atoms with Crippen molar-refractivity contribution in [2.24, 2.45) is 0 Å². The summed E-state index contributed by atoms with van der Waals surface area (Å²) in [4.78, 5) is 54.4. The van der Waals surface area contributed by atoms with Gasteiger partial charge in [-0.3, -0.25) is 39.8 Å². The fourth-order valence-corrected chi connectivity index (χ4v) is 6.82. The Morgan fingerprint density at radius 3 is 1.24 bits per heavy atom. The van der Waals surface area contributed by atoms with Crippen LogP contribution in [0.25, 0.3) is 0 Å². The number of imide groups is 2. The molecule has 10 nitrogen and oxygen atoms in total. The number of hydrogen-bond acceptors (Lipinski definition) is 10. The van der Waals surface area contributed by atoms with Crippen LogP contribution in [-0.2, 0) is 48.1 Å². The van der Waals surface area contributed by atoms with E-state index < -0.39 is 0 Å². The molecule has 0 saturated carbocycles. The maximum atomic E-state index is 11.6. The van der Waals surface area contributed by atoms with E-state index in [1.54, 1.807) is 0 Å². The Balaban J connectivity index is 0.000000194. The first-order valence-corrected chi connectivity index (χ1v) is 18.4. The third-order valence-electron chi connectivity index (χ3n) is 8.07. The lowest BCUT2D eigenvalue weighted by atomic mass is 10.1. The lowest BCUT2D eigenvalue weighted by molar-refractivity contribution is -0.119. The lowest BCUT2D eigenvalue weighted by Crippen LogP contribution is -2.25. The van der Waals surface area contributed by atoms with Crippen molar-refractivity contribution < 1.29 is 28.7 Å². The molecule has 50 heavy (non-hydrogen) atoms. The Hall–Kier alpha value is -4.68. The number of aryl methyl sites for hydroxylation is 2. The summed E-state index contributed by atoms with van der Waals surface area (Å²) in [5.74, 6) is 1.15. The molecule has 6 rings (SSSR count). The van der Waals surface area contributed by atoms with E-state index >= 15 is 0 Å². The molecule has 4 heterocycles. The molecular weight excluding hydrogens is 673 g/mol. The Bertz CT molecular complexity index is 1620. The smallest absolute Gasteiger partial charge is 0.286 e. The topological polar surface area (TPSA) is 137 Å². The van der Waals surface area contributed by atoms with Gasteiger partial charge in [-0.15, -0.1) is 0 Å². The molecule has 0 aliphatic carbocycles. The van der Waals surface area contributed by atoms with Crippen molar-refractivity contribution in [3.05, 3.63) is 119 Å². The van der Waals surface area contributed by atoms with Crippen LogP contribution in [0.2, 0.25) is 0 Å². The summed E-state index contributed by atoms with van der Waals surface area (Å²) in [7, 11) is 0. The minimum Gasteiger partial charge on any atom is -0.493 e. The first-order chi connectivity index (χ1) is 24.3. The van der Waals surface area contributed by atoms with E-state index in [0.29, 0.717) is 26.1 Å². The number of carbonyl (C=O) groups is 4. The van der Waals surface area contributed by atoms with Crippen LogP contribution < -0.4 is 20.1 Å².